The molecule has 3 N–H and O–H groups in total. The maximum Gasteiger partial charge on any atom is 0.234 e. The molecule has 1 aliphatic heterocycles. The van der Waals surface area contributed by atoms with Crippen LogP contribution in [0.4, 0.5) is 0 Å². The van der Waals surface area contributed by atoms with E-state index in [4.69, 9.17) is 11.0 Å². The summed E-state index contributed by atoms with van der Waals surface area (Å²) in [6.45, 7) is 2.42. The zero-order chi connectivity index (χ0) is 11.8. The van der Waals surface area contributed by atoms with Gasteiger partial charge in [0.2, 0.25) is 5.91 Å². The Morgan fingerprint density at radius 3 is 3.06 bits per heavy atom. The maximum absolute atomic E-state index is 11.5. The van der Waals surface area contributed by atoms with Gasteiger partial charge in [-0.1, -0.05) is 6.42 Å². The average molecular weight is 224 g/mol. The normalized spacial score (nSPS) is 21.4. The fourth-order valence-corrected chi connectivity index (χ4v) is 2.03. The molecule has 0 bridgehead atoms. The van der Waals surface area contributed by atoms with Crippen molar-refractivity contribution in [1.82, 2.24) is 10.2 Å². The molecular formula is C11H20N4O. The van der Waals surface area contributed by atoms with Gasteiger partial charge in [0.05, 0.1) is 19.0 Å². The van der Waals surface area contributed by atoms with Gasteiger partial charge < -0.3 is 11.1 Å². The number of carbonyl (C=O) groups excluding carboxylic acids is 1. The van der Waals surface area contributed by atoms with Crippen molar-refractivity contribution in [1.29, 1.82) is 5.26 Å². The van der Waals surface area contributed by atoms with Gasteiger partial charge in [-0.25, -0.2) is 0 Å². The molecule has 1 aliphatic rings. The van der Waals surface area contributed by atoms with E-state index in [-0.39, 0.29) is 5.91 Å². The standard InChI is InChI=1S/C11H20N4O/c12-5-3-6-14-11(16)9-15-7-2-1-4-10(15)8-13/h10H,1-4,6-9,13H2,(H,14,16). The van der Waals surface area contributed by atoms with Crippen LogP contribution in [0.3, 0.4) is 0 Å². The third kappa shape index (κ3) is 4.17. The number of nitrogens with one attached hydrogen (secondary N) is 1. The Labute approximate surface area is 96.6 Å². The second-order valence-electron chi connectivity index (χ2n) is 4.11. The second-order valence-corrected chi connectivity index (χ2v) is 4.11. The Balaban J connectivity index is 2.28. The minimum absolute atomic E-state index is 0.00407. The predicted molar refractivity (Wildman–Crippen MR) is 61.5 cm³/mol. The quantitative estimate of drug-likeness (QED) is 0.635. The van der Waals surface area contributed by atoms with Crippen molar-refractivity contribution in [2.75, 3.05) is 26.2 Å². The molecule has 0 saturated carbocycles. The number of nitrogens with two attached hydrogens (primary N) is 1. The van der Waals surface area contributed by atoms with Crippen LogP contribution in [0.5, 0.6) is 0 Å². The summed E-state index contributed by atoms with van der Waals surface area (Å²) in [6.07, 6.45) is 3.80. The molecule has 1 heterocycles. The van der Waals surface area contributed by atoms with Crippen LogP contribution in [0.15, 0.2) is 0 Å². The molecule has 90 valence electrons. The highest BCUT2D eigenvalue weighted by Gasteiger charge is 2.22. The molecule has 1 atom stereocenters. The van der Waals surface area contributed by atoms with E-state index in [9.17, 15) is 4.79 Å². The summed E-state index contributed by atoms with van der Waals surface area (Å²) in [4.78, 5) is 13.7. The van der Waals surface area contributed by atoms with Crippen LogP contribution in [0.25, 0.3) is 0 Å². The minimum Gasteiger partial charge on any atom is -0.354 e. The van der Waals surface area contributed by atoms with Crippen LogP contribution in [-0.2, 0) is 4.79 Å². The minimum atomic E-state index is -0.00407. The summed E-state index contributed by atoms with van der Waals surface area (Å²) in [6, 6.07) is 2.34. The van der Waals surface area contributed by atoms with Crippen LogP contribution in [-0.4, -0.2) is 43.0 Å². The van der Waals surface area contributed by atoms with Crippen molar-refractivity contribution in [3.63, 3.8) is 0 Å². The van der Waals surface area contributed by atoms with Gasteiger partial charge in [0.1, 0.15) is 0 Å². The van der Waals surface area contributed by atoms with E-state index in [1.807, 2.05) is 6.07 Å². The monoisotopic (exact) mass is 224 g/mol. The molecule has 0 aliphatic carbocycles. The van der Waals surface area contributed by atoms with Crippen LogP contribution < -0.4 is 11.1 Å². The number of piperidine rings is 1. The molecule has 1 unspecified atom stereocenters. The average Bonchev–Trinajstić information content (AvgIpc) is 2.30. The first-order valence-corrected chi connectivity index (χ1v) is 5.85. The van der Waals surface area contributed by atoms with Gasteiger partial charge in [-0.05, 0) is 19.4 Å². The number of nitriles is 1. The molecular weight excluding hydrogens is 204 g/mol. The number of hydrogen-bond acceptors (Lipinski definition) is 4. The van der Waals surface area contributed by atoms with Gasteiger partial charge in [-0.3, -0.25) is 9.69 Å². The summed E-state index contributed by atoms with van der Waals surface area (Å²) in [5, 5.41) is 11.1. The van der Waals surface area contributed by atoms with E-state index in [2.05, 4.69) is 10.2 Å². The molecule has 0 radical (unpaired) electrons. The summed E-state index contributed by atoms with van der Waals surface area (Å²) in [5.74, 6) is -0.00407. The first-order chi connectivity index (χ1) is 7.77. The highest BCUT2D eigenvalue weighted by atomic mass is 16.2. The first-order valence-electron chi connectivity index (χ1n) is 5.85. The zero-order valence-corrected chi connectivity index (χ0v) is 9.61. The maximum atomic E-state index is 11.5. The van der Waals surface area contributed by atoms with Gasteiger partial charge in [0, 0.05) is 19.1 Å². The molecule has 0 aromatic carbocycles. The van der Waals surface area contributed by atoms with E-state index in [1.165, 1.54) is 6.42 Å². The SMILES string of the molecule is N#CCCNC(=O)CN1CCCCC1CN. The van der Waals surface area contributed by atoms with Crippen molar-refractivity contribution >= 4 is 5.91 Å². The first kappa shape index (κ1) is 12.9. The van der Waals surface area contributed by atoms with Gasteiger partial charge in [0.15, 0.2) is 0 Å². The van der Waals surface area contributed by atoms with Crippen molar-refractivity contribution in [3.05, 3.63) is 0 Å². The summed E-state index contributed by atoms with van der Waals surface area (Å²) < 4.78 is 0. The zero-order valence-electron chi connectivity index (χ0n) is 9.61. The van der Waals surface area contributed by atoms with Crippen LogP contribution in [0.2, 0.25) is 0 Å². The van der Waals surface area contributed by atoms with E-state index in [0.717, 1.165) is 19.4 Å². The van der Waals surface area contributed by atoms with Crippen LogP contribution in [0.1, 0.15) is 25.7 Å². The third-order valence-corrected chi connectivity index (χ3v) is 2.93. The topological polar surface area (TPSA) is 82.2 Å². The lowest BCUT2D eigenvalue weighted by molar-refractivity contribution is -0.123. The Hall–Kier alpha value is -1.12. The summed E-state index contributed by atoms with van der Waals surface area (Å²) in [5.41, 5.74) is 5.67. The van der Waals surface area contributed by atoms with Gasteiger partial charge >= 0.3 is 0 Å². The Bertz CT molecular complexity index is 261. The smallest absolute Gasteiger partial charge is 0.234 e. The van der Waals surface area contributed by atoms with E-state index >= 15 is 0 Å². The second kappa shape index (κ2) is 7.20. The van der Waals surface area contributed by atoms with E-state index in [0.29, 0.717) is 32.1 Å². The molecule has 16 heavy (non-hydrogen) atoms. The lowest BCUT2D eigenvalue weighted by Crippen LogP contribution is -2.48. The lowest BCUT2D eigenvalue weighted by Gasteiger charge is -2.34. The lowest BCUT2D eigenvalue weighted by atomic mass is 10.0. The van der Waals surface area contributed by atoms with Crippen molar-refractivity contribution in [2.45, 2.75) is 31.7 Å². The number of amides is 1. The number of rotatable bonds is 5. The Morgan fingerprint density at radius 2 is 2.38 bits per heavy atom. The summed E-state index contributed by atoms with van der Waals surface area (Å²) >= 11 is 0. The molecule has 1 amide bonds. The molecule has 0 aromatic heterocycles. The number of hydrogen-bond donors (Lipinski definition) is 2. The van der Waals surface area contributed by atoms with Gasteiger partial charge in [-0.2, -0.15) is 5.26 Å². The fourth-order valence-electron chi connectivity index (χ4n) is 2.03. The van der Waals surface area contributed by atoms with Crippen molar-refractivity contribution in [2.24, 2.45) is 5.73 Å². The van der Waals surface area contributed by atoms with Crippen molar-refractivity contribution < 1.29 is 4.79 Å². The fraction of sp³-hybridized carbons (Fsp3) is 0.818. The van der Waals surface area contributed by atoms with Crippen molar-refractivity contribution in [3.8, 4) is 6.07 Å². The molecule has 1 saturated heterocycles. The van der Waals surface area contributed by atoms with E-state index in [1.54, 1.807) is 0 Å². The largest absolute Gasteiger partial charge is 0.354 e. The molecule has 0 aromatic rings. The third-order valence-electron chi connectivity index (χ3n) is 2.93. The van der Waals surface area contributed by atoms with Crippen LogP contribution in [0, 0.1) is 11.3 Å². The molecule has 5 heteroatoms. The molecule has 1 fully saturated rings. The molecule has 5 nitrogen and oxygen atoms in total. The Kier molecular flexibility index (Phi) is 5.83. The van der Waals surface area contributed by atoms with E-state index < -0.39 is 0 Å². The molecule has 1 rings (SSSR count). The number of nitrogens with zero attached hydrogens (tertiary/aromatic N) is 2. The highest BCUT2D eigenvalue weighted by Crippen LogP contribution is 2.15. The molecule has 0 spiro atoms. The van der Waals surface area contributed by atoms with Gasteiger partial charge in [0.25, 0.3) is 0 Å². The highest BCUT2D eigenvalue weighted by molar-refractivity contribution is 5.78. The number of likely N-dealkylation sites (tertiary alicyclic amines) is 1. The van der Waals surface area contributed by atoms with Crippen LogP contribution >= 0.6 is 0 Å². The number of carbonyl (C=O) groups is 1. The Morgan fingerprint density at radius 1 is 1.56 bits per heavy atom. The van der Waals surface area contributed by atoms with Gasteiger partial charge in [-0.15, -0.1) is 0 Å². The predicted octanol–water partition coefficient (Wildman–Crippen LogP) is -0.171. The summed E-state index contributed by atoms with van der Waals surface area (Å²) in [7, 11) is 0.